The molecule has 2 heterocycles. The molecule has 8 heteroatoms. The van der Waals surface area contributed by atoms with Crippen LogP contribution in [0.5, 0.6) is 11.5 Å². The smallest absolute Gasteiger partial charge is 0.191 e. The van der Waals surface area contributed by atoms with Gasteiger partial charge in [-0.15, -0.1) is 0 Å². The van der Waals surface area contributed by atoms with E-state index in [2.05, 4.69) is 26.6 Å². The fourth-order valence-electron chi connectivity index (χ4n) is 3.58. The summed E-state index contributed by atoms with van der Waals surface area (Å²) in [6.45, 7) is 4.68. The summed E-state index contributed by atoms with van der Waals surface area (Å²) in [5, 5.41) is 6.81. The number of guanidine groups is 1. The highest BCUT2D eigenvalue weighted by Crippen LogP contribution is 2.32. The first-order valence-electron chi connectivity index (χ1n) is 10.3. The third-order valence-corrected chi connectivity index (χ3v) is 5.21. The number of aliphatic imine (C=N–C) groups is 1. The van der Waals surface area contributed by atoms with Crippen molar-refractivity contribution < 1.29 is 18.6 Å². The number of hydrogen-bond acceptors (Lipinski definition) is 6. The molecular weight excluding hydrogens is 384 g/mol. The fraction of sp³-hybridized carbons (Fsp3) is 0.500. The maximum absolute atomic E-state index is 5.55. The van der Waals surface area contributed by atoms with E-state index in [1.807, 2.05) is 24.3 Å². The molecule has 1 aliphatic rings. The van der Waals surface area contributed by atoms with Gasteiger partial charge in [0, 0.05) is 39.6 Å². The predicted octanol–water partition coefficient (Wildman–Crippen LogP) is 2.08. The van der Waals surface area contributed by atoms with Crippen LogP contribution >= 0.6 is 0 Å². The van der Waals surface area contributed by atoms with Gasteiger partial charge in [-0.1, -0.05) is 6.07 Å². The Morgan fingerprint density at radius 1 is 1.13 bits per heavy atom. The van der Waals surface area contributed by atoms with Gasteiger partial charge >= 0.3 is 0 Å². The van der Waals surface area contributed by atoms with Crippen molar-refractivity contribution in [2.24, 2.45) is 4.99 Å². The van der Waals surface area contributed by atoms with E-state index in [-0.39, 0.29) is 6.04 Å². The van der Waals surface area contributed by atoms with Crippen molar-refractivity contribution in [2.45, 2.75) is 12.5 Å². The lowest BCUT2D eigenvalue weighted by Gasteiger charge is -2.35. The minimum absolute atomic E-state index is 0.150. The number of rotatable bonds is 9. The van der Waals surface area contributed by atoms with Crippen molar-refractivity contribution in [3.05, 3.63) is 47.9 Å². The van der Waals surface area contributed by atoms with Crippen molar-refractivity contribution in [1.82, 2.24) is 15.5 Å². The minimum atomic E-state index is 0.150. The predicted molar refractivity (Wildman–Crippen MR) is 116 cm³/mol. The molecule has 1 atom stereocenters. The minimum Gasteiger partial charge on any atom is -0.493 e. The van der Waals surface area contributed by atoms with Crippen LogP contribution in [0.4, 0.5) is 0 Å². The van der Waals surface area contributed by atoms with Crippen LogP contribution in [0, 0.1) is 0 Å². The molecule has 1 fully saturated rings. The maximum Gasteiger partial charge on any atom is 0.191 e. The Morgan fingerprint density at radius 3 is 2.60 bits per heavy atom. The molecule has 1 unspecified atom stereocenters. The largest absolute Gasteiger partial charge is 0.493 e. The van der Waals surface area contributed by atoms with Crippen LogP contribution < -0.4 is 20.1 Å². The summed E-state index contributed by atoms with van der Waals surface area (Å²) in [4.78, 5) is 6.78. The number of nitrogens with one attached hydrogen (secondary N) is 2. The van der Waals surface area contributed by atoms with E-state index in [0.717, 1.165) is 68.1 Å². The van der Waals surface area contributed by atoms with Gasteiger partial charge in [0.2, 0.25) is 0 Å². The molecule has 1 aliphatic heterocycles. The maximum atomic E-state index is 5.55. The van der Waals surface area contributed by atoms with Gasteiger partial charge in [0.1, 0.15) is 5.76 Å². The molecule has 2 N–H and O–H groups in total. The molecule has 8 nitrogen and oxygen atoms in total. The Kier molecular flexibility index (Phi) is 8.41. The zero-order valence-corrected chi connectivity index (χ0v) is 18.0. The summed E-state index contributed by atoms with van der Waals surface area (Å²) in [7, 11) is 5.09. The monoisotopic (exact) mass is 416 g/mol. The van der Waals surface area contributed by atoms with Crippen molar-refractivity contribution >= 4 is 5.96 Å². The van der Waals surface area contributed by atoms with Crippen LogP contribution in [0.1, 0.15) is 17.4 Å². The summed E-state index contributed by atoms with van der Waals surface area (Å²) in [5.74, 6) is 3.18. The molecule has 1 aromatic heterocycles. The van der Waals surface area contributed by atoms with Gasteiger partial charge in [-0.3, -0.25) is 9.89 Å². The lowest BCUT2D eigenvalue weighted by atomic mass is 10.0. The molecule has 0 radical (unpaired) electrons. The van der Waals surface area contributed by atoms with Crippen molar-refractivity contribution in [3.63, 3.8) is 0 Å². The summed E-state index contributed by atoms with van der Waals surface area (Å²) < 4.78 is 21.8. The van der Waals surface area contributed by atoms with Crippen LogP contribution in [0.15, 0.2) is 46.0 Å². The summed E-state index contributed by atoms with van der Waals surface area (Å²) in [5.41, 5.74) is 1.16. The van der Waals surface area contributed by atoms with E-state index >= 15 is 0 Å². The standard InChI is InChI=1S/C22H32N4O4/c1-23-22(24-9-8-18-5-4-12-30-18)25-16-19(26-10-13-29-14-11-26)17-6-7-20(27-2)21(15-17)28-3/h4-7,12,15,19H,8-11,13-14,16H2,1-3H3,(H2,23,24,25). The second-order valence-electron chi connectivity index (χ2n) is 6.99. The number of hydrogen-bond donors (Lipinski definition) is 2. The van der Waals surface area contributed by atoms with Crippen molar-refractivity contribution in [1.29, 1.82) is 0 Å². The Morgan fingerprint density at radius 2 is 1.93 bits per heavy atom. The van der Waals surface area contributed by atoms with Crippen LogP contribution in [-0.2, 0) is 11.2 Å². The molecule has 0 bridgehead atoms. The quantitative estimate of drug-likeness (QED) is 0.478. The highest BCUT2D eigenvalue weighted by molar-refractivity contribution is 5.79. The molecule has 0 saturated carbocycles. The van der Waals surface area contributed by atoms with Gasteiger partial charge < -0.3 is 29.3 Å². The topological polar surface area (TPSA) is 80.5 Å². The van der Waals surface area contributed by atoms with Crippen LogP contribution in [-0.4, -0.2) is 71.5 Å². The number of methoxy groups -OCH3 is 2. The lowest BCUT2D eigenvalue weighted by Crippen LogP contribution is -2.46. The molecule has 2 aromatic rings. The summed E-state index contributed by atoms with van der Waals surface area (Å²) in [6.07, 6.45) is 2.49. The Hall–Kier alpha value is -2.71. The van der Waals surface area contributed by atoms with E-state index in [1.54, 1.807) is 27.5 Å². The molecule has 0 aliphatic carbocycles. The zero-order valence-electron chi connectivity index (χ0n) is 18.0. The third kappa shape index (κ3) is 5.90. The van der Waals surface area contributed by atoms with Crippen molar-refractivity contribution in [2.75, 3.05) is 60.7 Å². The number of nitrogens with zero attached hydrogens (tertiary/aromatic N) is 2. The Balaban J connectivity index is 1.66. The van der Waals surface area contributed by atoms with E-state index in [4.69, 9.17) is 18.6 Å². The molecule has 1 saturated heterocycles. The summed E-state index contributed by atoms with van der Waals surface area (Å²) >= 11 is 0. The average Bonchev–Trinajstić information content (AvgIpc) is 3.32. The SMILES string of the molecule is CN=C(NCCc1ccco1)NCC(c1ccc(OC)c(OC)c1)N1CCOCC1. The molecule has 30 heavy (non-hydrogen) atoms. The average molecular weight is 417 g/mol. The first-order valence-corrected chi connectivity index (χ1v) is 10.3. The Bertz CT molecular complexity index is 788. The molecule has 3 rings (SSSR count). The molecular formula is C22H32N4O4. The zero-order chi connectivity index (χ0) is 21.2. The number of ether oxygens (including phenoxy) is 3. The second-order valence-corrected chi connectivity index (χ2v) is 6.99. The van der Waals surface area contributed by atoms with Crippen LogP contribution in [0.2, 0.25) is 0 Å². The molecule has 164 valence electrons. The van der Waals surface area contributed by atoms with Crippen LogP contribution in [0.3, 0.4) is 0 Å². The molecule has 0 amide bonds. The summed E-state index contributed by atoms with van der Waals surface area (Å²) in [6, 6.07) is 10.1. The van der Waals surface area contributed by atoms with E-state index in [0.29, 0.717) is 6.54 Å². The molecule has 1 aromatic carbocycles. The van der Waals surface area contributed by atoms with Crippen LogP contribution in [0.25, 0.3) is 0 Å². The van der Waals surface area contributed by atoms with Gasteiger partial charge in [0.25, 0.3) is 0 Å². The van der Waals surface area contributed by atoms with Gasteiger partial charge in [-0.05, 0) is 29.8 Å². The van der Waals surface area contributed by atoms with E-state index in [9.17, 15) is 0 Å². The van der Waals surface area contributed by atoms with E-state index in [1.165, 1.54) is 0 Å². The van der Waals surface area contributed by atoms with E-state index < -0.39 is 0 Å². The van der Waals surface area contributed by atoms with Gasteiger partial charge in [-0.2, -0.15) is 0 Å². The van der Waals surface area contributed by atoms with Gasteiger partial charge in [0.15, 0.2) is 17.5 Å². The normalized spacial score (nSPS) is 16.2. The van der Waals surface area contributed by atoms with Crippen molar-refractivity contribution in [3.8, 4) is 11.5 Å². The fourth-order valence-corrected chi connectivity index (χ4v) is 3.58. The number of morpholine rings is 1. The molecule has 0 spiro atoms. The first-order chi connectivity index (χ1) is 14.7. The first kappa shape index (κ1) is 22.0. The van der Waals surface area contributed by atoms with Gasteiger partial charge in [0.05, 0.1) is 39.7 Å². The second kappa shape index (κ2) is 11.5. The highest BCUT2D eigenvalue weighted by Gasteiger charge is 2.24. The number of furan rings is 1. The highest BCUT2D eigenvalue weighted by atomic mass is 16.5. The van der Waals surface area contributed by atoms with Gasteiger partial charge in [-0.25, -0.2) is 0 Å². The lowest BCUT2D eigenvalue weighted by molar-refractivity contribution is 0.0169. The third-order valence-electron chi connectivity index (χ3n) is 5.21. The number of benzene rings is 1. The Labute approximate surface area is 178 Å².